The molecule has 0 aliphatic heterocycles. The van der Waals surface area contributed by atoms with Gasteiger partial charge in [-0.25, -0.2) is 9.78 Å². The Kier molecular flexibility index (Phi) is 3.49. The Labute approximate surface area is 124 Å². The predicted octanol–water partition coefficient (Wildman–Crippen LogP) is 2.23. The summed E-state index contributed by atoms with van der Waals surface area (Å²) in [7, 11) is 0. The smallest absolute Gasteiger partial charge is 0.322 e. The number of H-pyrrole nitrogens is 2. The third-order valence-electron chi connectivity index (χ3n) is 2.98. The van der Waals surface area contributed by atoms with Crippen molar-refractivity contribution in [2.24, 2.45) is 0 Å². The van der Waals surface area contributed by atoms with Gasteiger partial charge in [0.2, 0.25) is 0 Å². The van der Waals surface area contributed by atoms with E-state index in [0.717, 1.165) is 0 Å². The van der Waals surface area contributed by atoms with E-state index in [4.69, 9.17) is 0 Å². The first kappa shape index (κ1) is 13.4. The Hall–Kier alpha value is -2.54. The Balaban J connectivity index is 1.90. The standard InChI is InChI=1S/C14H12N4O2S/c1-21-13-9(3-2-6-15-13)12(19)16-8-4-5-10-11(7-8)18-14(20)17-10/h2-7H,1H3,(H,16,19)(H2,17,18,20). The molecule has 106 valence electrons. The second kappa shape index (κ2) is 5.45. The number of hydrogen-bond acceptors (Lipinski definition) is 4. The monoisotopic (exact) mass is 300 g/mol. The molecule has 0 aliphatic rings. The van der Waals surface area contributed by atoms with Crippen LogP contribution in [0.2, 0.25) is 0 Å². The van der Waals surface area contributed by atoms with Crippen molar-refractivity contribution in [1.82, 2.24) is 15.0 Å². The molecule has 3 rings (SSSR count). The summed E-state index contributed by atoms with van der Waals surface area (Å²) in [5, 5.41) is 3.48. The topological polar surface area (TPSA) is 90.6 Å². The lowest BCUT2D eigenvalue weighted by Gasteiger charge is -2.07. The van der Waals surface area contributed by atoms with Crippen LogP contribution in [0.4, 0.5) is 5.69 Å². The summed E-state index contributed by atoms with van der Waals surface area (Å²) < 4.78 is 0. The number of nitrogens with zero attached hydrogens (tertiary/aromatic N) is 1. The van der Waals surface area contributed by atoms with Gasteiger partial charge in [-0.05, 0) is 36.6 Å². The quantitative estimate of drug-likeness (QED) is 0.647. The average molecular weight is 300 g/mol. The zero-order valence-corrected chi connectivity index (χ0v) is 12.0. The van der Waals surface area contributed by atoms with Gasteiger partial charge in [0.05, 0.1) is 16.6 Å². The molecule has 21 heavy (non-hydrogen) atoms. The number of hydrogen-bond donors (Lipinski definition) is 3. The van der Waals surface area contributed by atoms with Crippen LogP contribution in [0.1, 0.15) is 10.4 Å². The van der Waals surface area contributed by atoms with Crippen molar-refractivity contribution in [3.05, 3.63) is 52.6 Å². The molecule has 0 spiro atoms. The minimum absolute atomic E-state index is 0.232. The second-order valence-corrected chi connectivity index (χ2v) is 5.15. The molecule has 3 aromatic rings. The van der Waals surface area contributed by atoms with Gasteiger partial charge < -0.3 is 15.3 Å². The van der Waals surface area contributed by atoms with Crippen LogP contribution < -0.4 is 11.0 Å². The Morgan fingerprint density at radius 3 is 2.86 bits per heavy atom. The van der Waals surface area contributed by atoms with Gasteiger partial charge in [-0.1, -0.05) is 0 Å². The second-order valence-electron chi connectivity index (χ2n) is 4.35. The number of nitrogens with one attached hydrogen (secondary N) is 3. The summed E-state index contributed by atoms with van der Waals surface area (Å²) in [5.41, 5.74) is 2.20. The van der Waals surface area contributed by atoms with Crippen LogP contribution in [0, 0.1) is 0 Å². The lowest BCUT2D eigenvalue weighted by atomic mass is 10.2. The molecule has 0 radical (unpaired) electrons. The van der Waals surface area contributed by atoms with Crippen LogP contribution >= 0.6 is 11.8 Å². The zero-order chi connectivity index (χ0) is 14.8. The van der Waals surface area contributed by atoms with E-state index < -0.39 is 0 Å². The van der Waals surface area contributed by atoms with Gasteiger partial charge in [-0.2, -0.15) is 0 Å². The molecular weight excluding hydrogens is 288 g/mol. The van der Waals surface area contributed by atoms with Crippen LogP contribution in [-0.4, -0.2) is 27.1 Å². The van der Waals surface area contributed by atoms with Gasteiger partial charge in [0, 0.05) is 11.9 Å². The number of anilines is 1. The minimum Gasteiger partial charge on any atom is -0.322 e. The number of amides is 1. The van der Waals surface area contributed by atoms with Crippen LogP contribution in [-0.2, 0) is 0 Å². The maximum Gasteiger partial charge on any atom is 0.323 e. The molecule has 6 nitrogen and oxygen atoms in total. The number of aromatic nitrogens is 3. The number of pyridine rings is 1. The summed E-state index contributed by atoms with van der Waals surface area (Å²) in [4.78, 5) is 33.0. The van der Waals surface area contributed by atoms with E-state index in [1.165, 1.54) is 11.8 Å². The van der Waals surface area contributed by atoms with Crippen molar-refractivity contribution in [2.75, 3.05) is 11.6 Å². The van der Waals surface area contributed by atoms with Gasteiger partial charge in [0.25, 0.3) is 5.91 Å². The molecule has 0 saturated heterocycles. The molecule has 3 N–H and O–H groups in total. The van der Waals surface area contributed by atoms with Crippen LogP contribution in [0.3, 0.4) is 0 Å². The fourth-order valence-electron chi connectivity index (χ4n) is 2.04. The fourth-order valence-corrected chi connectivity index (χ4v) is 2.58. The summed E-state index contributed by atoms with van der Waals surface area (Å²) >= 11 is 1.42. The highest BCUT2D eigenvalue weighted by atomic mass is 32.2. The lowest BCUT2D eigenvalue weighted by Crippen LogP contribution is -2.13. The summed E-state index contributed by atoms with van der Waals surface area (Å²) in [6.45, 7) is 0. The van der Waals surface area contributed by atoms with E-state index in [0.29, 0.717) is 27.3 Å². The van der Waals surface area contributed by atoms with E-state index in [2.05, 4.69) is 20.3 Å². The van der Waals surface area contributed by atoms with E-state index in [1.54, 1.807) is 36.5 Å². The minimum atomic E-state index is -0.273. The Morgan fingerprint density at radius 2 is 2.05 bits per heavy atom. The molecule has 2 aromatic heterocycles. The number of imidazole rings is 1. The molecule has 1 aromatic carbocycles. The van der Waals surface area contributed by atoms with Crippen molar-refractivity contribution in [3.63, 3.8) is 0 Å². The lowest BCUT2D eigenvalue weighted by molar-refractivity contribution is 0.102. The molecule has 0 saturated carbocycles. The van der Waals surface area contributed by atoms with Crippen molar-refractivity contribution >= 4 is 34.4 Å². The van der Waals surface area contributed by atoms with E-state index in [1.807, 2.05) is 6.26 Å². The van der Waals surface area contributed by atoms with E-state index >= 15 is 0 Å². The highest BCUT2D eigenvalue weighted by Crippen LogP contribution is 2.20. The molecule has 2 heterocycles. The third kappa shape index (κ3) is 2.68. The number of thioether (sulfide) groups is 1. The zero-order valence-electron chi connectivity index (χ0n) is 11.1. The van der Waals surface area contributed by atoms with Gasteiger partial charge in [0.1, 0.15) is 5.03 Å². The summed E-state index contributed by atoms with van der Waals surface area (Å²) in [6.07, 6.45) is 3.52. The molecule has 1 amide bonds. The third-order valence-corrected chi connectivity index (χ3v) is 3.69. The van der Waals surface area contributed by atoms with Gasteiger partial charge in [-0.3, -0.25) is 4.79 Å². The van der Waals surface area contributed by atoms with E-state index in [9.17, 15) is 9.59 Å². The molecule has 0 fully saturated rings. The van der Waals surface area contributed by atoms with Gasteiger partial charge in [0.15, 0.2) is 0 Å². The number of carbonyl (C=O) groups is 1. The number of benzene rings is 1. The first-order chi connectivity index (χ1) is 10.2. The highest BCUT2D eigenvalue weighted by molar-refractivity contribution is 7.98. The van der Waals surface area contributed by atoms with Crippen molar-refractivity contribution in [2.45, 2.75) is 5.03 Å². The Bertz CT molecular complexity index is 869. The molecule has 7 heteroatoms. The molecule has 0 atom stereocenters. The largest absolute Gasteiger partial charge is 0.323 e. The average Bonchev–Trinajstić information content (AvgIpc) is 2.86. The number of carbonyl (C=O) groups excluding carboxylic acids is 1. The van der Waals surface area contributed by atoms with E-state index in [-0.39, 0.29) is 11.6 Å². The maximum atomic E-state index is 12.3. The molecule has 0 bridgehead atoms. The van der Waals surface area contributed by atoms with Crippen LogP contribution in [0.25, 0.3) is 11.0 Å². The van der Waals surface area contributed by atoms with Crippen molar-refractivity contribution in [1.29, 1.82) is 0 Å². The maximum absolute atomic E-state index is 12.3. The van der Waals surface area contributed by atoms with Crippen molar-refractivity contribution in [3.8, 4) is 0 Å². The summed E-state index contributed by atoms with van der Waals surface area (Å²) in [5.74, 6) is -0.232. The predicted molar refractivity (Wildman–Crippen MR) is 82.9 cm³/mol. The number of fused-ring (bicyclic) bond motifs is 1. The normalized spacial score (nSPS) is 10.7. The molecule has 0 aliphatic carbocycles. The van der Waals surface area contributed by atoms with Crippen molar-refractivity contribution < 1.29 is 4.79 Å². The van der Waals surface area contributed by atoms with Gasteiger partial charge in [-0.15, -0.1) is 11.8 Å². The molecule has 0 unspecified atom stereocenters. The van der Waals surface area contributed by atoms with Gasteiger partial charge >= 0.3 is 5.69 Å². The van der Waals surface area contributed by atoms with Crippen LogP contribution in [0.15, 0.2) is 46.3 Å². The Morgan fingerprint density at radius 1 is 1.24 bits per heavy atom. The fraction of sp³-hybridized carbons (Fsp3) is 0.0714. The number of rotatable bonds is 3. The first-order valence-electron chi connectivity index (χ1n) is 6.20. The number of aromatic amines is 2. The van der Waals surface area contributed by atoms with Crippen LogP contribution in [0.5, 0.6) is 0 Å². The first-order valence-corrected chi connectivity index (χ1v) is 7.42. The highest BCUT2D eigenvalue weighted by Gasteiger charge is 2.12. The summed E-state index contributed by atoms with van der Waals surface area (Å²) in [6, 6.07) is 8.63. The SMILES string of the molecule is CSc1ncccc1C(=O)Nc1ccc2[nH]c(=O)[nH]c2c1. The molecular formula is C14H12N4O2S.